The Kier molecular flexibility index (Phi) is 5.17. The molecule has 1 unspecified atom stereocenters. The van der Waals surface area contributed by atoms with E-state index < -0.39 is 0 Å². The van der Waals surface area contributed by atoms with Gasteiger partial charge in [-0.1, -0.05) is 32.9 Å². The van der Waals surface area contributed by atoms with Crippen LogP contribution in [0.1, 0.15) is 32.4 Å². The molecule has 0 amide bonds. The third-order valence-electron chi connectivity index (χ3n) is 2.96. The summed E-state index contributed by atoms with van der Waals surface area (Å²) in [4.78, 5) is 2.31. The van der Waals surface area contributed by atoms with Crippen molar-refractivity contribution in [3.63, 3.8) is 0 Å². The van der Waals surface area contributed by atoms with E-state index in [9.17, 15) is 0 Å². The molecular formula is C15H26N2O. The second-order valence-corrected chi connectivity index (χ2v) is 6.00. The van der Waals surface area contributed by atoms with Gasteiger partial charge in [-0.25, -0.2) is 0 Å². The van der Waals surface area contributed by atoms with E-state index in [0.29, 0.717) is 6.54 Å². The molecule has 102 valence electrons. The zero-order valence-electron chi connectivity index (χ0n) is 12.2. The Bertz CT molecular complexity index is 371. The van der Waals surface area contributed by atoms with E-state index in [1.807, 2.05) is 12.1 Å². The first-order valence-corrected chi connectivity index (χ1v) is 6.41. The number of rotatable bonds is 5. The Labute approximate surface area is 111 Å². The summed E-state index contributed by atoms with van der Waals surface area (Å²) in [7, 11) is 3.82. The fourth-order valence-corrected chi connectivity index (χ4v) is 2.28. The van der Waals surface area contributed by atoms with Gasteiger partial charge in [-0.15, -0.1) is 0 Å². The van der Waals surface area contributed by atoms with E-state index >= 15 is 0 Å². The van der Waals surface area contributed by atoms with E-state index in [-0.39, 0.29) is 11.5 Å². The van der Waals surface area contributed by atoms with Crippen LogP contribution in [0.15, 0.2) is 24.3 Å². The van der Waals surface area contributed by atoms with Crippen molar-refractivity contribution in [3.8, 4) is 5.75 Å². The summed E-state index contributed by atoms with van der Waals surface area (Å²) in [5, 5.41) is 0. The van der Waals surface area contributed by atoms with E-state index in [4.69, 9.17) is 10.5 Å². The zero-order valence-corrected chi connectivity index (χ0v) is 12.2. The summed E-state index contributed by atoms with van der Waals surface area (Å²) in [6.45, 7) is 8.33. The summed E-state index contributed by atoms with van der Waals surface area (Å²) in [5.41, 5.74) is 7.41. The van der Waals surface area contributed by atoms with Crippen LogP contribution in [0.2, 0.25) is 0 Å². The Morgan fingerprint density at radius 3 is 2.50 bits per heavy atom. The van der Waals surface area contributed by atoms with Crippen molar-refractivity contribution < 1.29 is 4.74 Å². The van der Waals surface area contributed by atoms with Crippen molar-refractivity contribution in [3.05, 3.63) is 29.8 Å². The molecule has 3 nitrogen and oxygen atoms in total. The molecule has 2 N–H and O–H groups in total. The Morgan fingerprint density at radius 1 is 1.33 bits per heavy atom. The van der Waals surface area contributed by atoms with Crippen LogP contribution >= 0.6 is 0 Å². The van der Waals surface area contributed by atoms with Crippen LogP contribution in [0.25, 0.3) is 0 Å². The van der Waals surface area contributed by atoms with Gasteiger partial charge in [0.25, 0.3) is 0 Å². The molecule has 0 aliphatic carbocycles. The fraction of sp³-hybridized carbons (Fsp3) is 0.600. The molecule has 0 fully saturated rings. The lowest BCUT2D eigenvalue weighted by molar-refractivity contribution is 0.175. The van der Waals surface area contributed by atoms with Crippen LogP contribution in [0, 0.1) is 5.41 Å². The van der Waals surface area contributed by atoms with Crippen LogP contribution in [0.3, 0.4) is 0 Å². The van der Waals surface area contributed by atoms with Crippen LogP contribution in [-0.4, -0.2) is 32.1 Å². The number of hydrogen-bond acceptors (Lipinski definition) is 3. The summed E-state index contributed by atoms with van der Waals surface area (Å²) in [5.74, 6) is 0.884. The number of hydrogen-bond donors (Lipinski definition) is 1. The quantitative estimate of drug-likeness (QED) is 0.873. The summed E-state index contributed by atoms with van der Waals surface area (Å²) in [6, 6.07) is 8.39. The number of nitrogens with zero attached hydrogens (tertiary/aromatic N) is 1. The summed E-state index contributed by atoms with van der Waals surface area (Å²) >= 11 is 0. The Hall–Kier alpha value is -1.06. The lowest BCUT2D eigenvalue weighted by Crippen LogP contribution is -2.36. The molecule has 1 aromatic rings. The number of likely N-dealkylation sites (N-methyl/N-ethyl adjacent to an activating group) is 1. The zero-order chi connectivity index (χ0) is 13.8. The topological polar surface area (TPSA) is 38.5 Å². The number of methoxy groups -OCH3 is 1. The third-order valence-corrected chi connectivity index (χ3v) is 2.96. The second kappa shape index (κ2) is 6.21. The van der Waals surface area contributed by atoms with Crippen molar-refractivity contribution in [1.82, 2.24) is 4.90 Å². The largest absolute Gasteiger partial charge is 0.497 e. The molecule has 0 bridgehead atoms. The smallest absolute Gasteiger partial charge is 0.119 e. The molecule has 0 heterocycles. The molecule has 0 saturated carbocycles. The standard InChI is InChI=1S/C15H26N2O/c1-15(2,3)11-17(4)14(10-16)12-7-6-8-13(9-12)18-5/h6-9,14H,10-11,16H2,1-5H3. The van der Waals surface area contributed by atoms with Crippen molar-refractivity contribution in [1.29, 1.82) is 0 Å². The first-order valence-electron chi connectivity index (χ1n) is 6.41. The molecule has 1 atom stereocenters. The lowest BCUT2D eigenvalue weighted by atomic mass is 9.94. The van der Waals surface area contributed by atoms with Gasteiger partial charge < -0.3 is 10.5 Å². The SMILES string of the molecule is COc1cccc(C(CN)N(C)CC(C)(C)C)c1. The molecule has 3 heteroatoms. The molecule has 0 radical (unpaired) electrons. The maximum Gasteiger partial charge on any atom is 0.119 e. The molecule has 1 aromatic carbocycles. The summed E-state index contributed by atoms with van der Waals surface area (Å²) in [6.07, 6.45) is 0. The first-order chi connectivity index (χ1) is 8.37. The highest BCUT2D eigenvalue weighted by Gasteiger charge is 2.21. The normalized spacial score (nSPS) is 13.7. The van der Waals surface area contributed by atoms with Crippen molar-refractivity contribution in [2.45, 2.75) is 26.8 Å². The van der Waals surface area contributed by atoms with Gasteiger partial charge in [0.15, 0.2) is 0 Å². The molecule has 1 rings (SSSR count). The van der Waals surface area contributed by atoms with Gasteiger partial charge >= 0.3 is 0 Å². The monoisotopic (exact) mass is 250 g/mol. The Balaban J connectivity index is 2.87. The van der Waals surface area contributed by atoms with E-state index in [1.54, 1.807) is 7.11 Å². The highest BCUT2D eigenvalue weighted by molar-refractivity contribution is 5.30. The molecule has 0 spiro atoms. The molecular weight excluding hydrogens is 224 g/mol. The molecule has 0 saturated heterocycles. The molecule has 0 aromatic heterocycles. The average molecular weight is 250 g/mol. The summed E-state index contributed by atoms with van der Waals surface area (Å²) < 4.78 is 5.27. The second-order valence-electron chi connectivity index (χ2n) is 6.00. The number of benzene rings is 1. The van der Waals surface area contributed by atoms with Crippen LogP contribution in [0.5, 0.6) is 5.75 Å². The minimum atomic E-state index is 0.235. The maximum atomic E-state index is 5.93. The molecule has 0 aliphatic heterocycles. The van der Waals surface area contributed by atoms with Crippen LogP contribution in [0.4, 0.5) is 0 Å². The molecule has 0 aliphatic rings. The third kappa shape index (κ3) is 4.31. The van der Waals surface area contributed by atoms with Gasteiger partial charge in [0.1, 0.15) is 5.75 Å². The van der Waals surface area contributed by atoms with Crippen molar-refractivity contribution >= 4 is 0 Å². The maximum absolute atomic E-state index is 5.93. The van der Waals surface area contributed by atoms with Crippen molar-refractivity contribution in [2.75, 3.05) is 27.2 Å². The first kappa shape index (κ1) is 15.0. The van der Waals surface area contributed by atoms with Gasteiger partial charge in [-0.2, -0.15) is 0 Å². The predicted octanol–water partition coefficient (Wildman–Crippen LogP) is 2.67. The minimum absolute atomic E-state index is 0.235. The predicted molar refractivity (Wildman–Crippen MR) is 76.9 cm³/mol. The Morgan fingerprint density at radius 2 is 2.00 bits per heavy atom. The minimum Gasteiger partial charge on any atom is -0.497 e. The fourth-order valence-electron chi connectivity index (χ4n) is 2.28. The number of ether oxygens (including phenoxy) is 1. The van der Waals surface area contributed by atoms with E-state index in [1.165, 1.54) is 5.56 Å². The van der Waals surface area contributed by atoms with Crippen LogP contribution in [-0.2, 0) is 0 Å². The molecule has 18 heavy (non-hydrogen) atoms. The number of nitrogens with two attached hydrogens (primary N) is 1. The van der Waals surface area contributed by atoms with Crippen LogP contribution < -0.4 is 10.5 Å². The lowest BCUT2D eigenvalue weighted by Gasteiger charge is -2.33. The average Bonchev–Trinajstić information content (AvgIpc) is 2.28. The van der Waals surface area contributed by atoms with Gasteiger partial charge in [0.05, 0.1) is 7.11 Å². The van der Waals surface area contributed by atoms with Gasteiger partial charge in [-0.05, 0) is 30.2 Å². The van der Waals surface area contributed by atoms with Gasteiger partial charge in [0, 0.05) is 19.1 Å². The van der Waals surface area contributed by atoms with E-state index in [2.05, 4.69) is 44.9 Å². The highest BCUT2D eigenvalue weighted by atomic mass is 16.5. The highest BCUT2D eigenvalue weighted by Crippen LogP contribution is 2.25. The van der Waals surface area contributed by atoms with Gasteiger partial charge in [0.2, 0.25) is 0 Å². The van der Waals surface area contributed by atoms with E-state index in [0.717, 1.165) is 12.3 Å². The van der Waals surface area contributed by atoms with Crippen molar-refractivity contribution in [2.24, 2.45) is 11.1 Å². The van der Waals surface area contributed by atoms with Gasteiger partial charge in [-0.3, -0.25) is 4.90 Å².